The normalized spacial score (nSPS) is 10.5. The van der Waals surface area contributed by atoms with Crippen molar-refractivity contribution in [2.45, 2.75) is 20.3 Å². The molecule has 0 atom stereocenters. The van der Waals surface area contributed by atoms with E-state index in [9.17, 15) is 9.59 Å². The van der Waals surface area contributed by atoms with Crippen LogP contribution in [0.2, 0.25) is 0 Å². The van der Waals surface area contributed by atoms with Crippen molar-refractivity contribution in [3.63, 3.8) is 0 Å². The Bertz CT molecular complexity index is 1340. The molecule has 1 aromatic heterocycles. The number of hydrogen-bond acceptors (Lipinski definition) is 6. The minimum atomic E-state index is -0.413. The number of amides is 1. The Morgan fingerprint density at radius 1 is 0.829 bits per heavy atom. The largest absolute Gasteiger partial charge is 0.462 e. The number of carbonyl (C=O) groups excluding carboxylic acids is 2. The Hall–Kier alpha value is -4.52. The number of benzene rings is 3. The molecule has 7 heteroatoms. The number of aryl methyl sites for hydroxylation is 1. The predicted octanol–water partition coefficient (Wildman–Crippen LogP) is 6.01. The molecular weight excluding hydrogens is 440 g/mol. The lowest BCUT2D eigenvalue weighted by Gasteiger charge is -2.11. The van der Waals surface area contributed by atoms with Crippen LogP contribution < -0.4 is 10.6 Å². The van der Waals surface area contributed by atoms with Crippen molar-refractivity contribution in [3.05, 3.63) is 102 Å². The molecule has 35 heavy (non-hydrogen) atoms. The molecule has 176 valence electrons. The van der Waals surface area contributed by atoms with E-state index < -0.39 is 5.97 Å². The van der Waals surface area contributed by atoms with Crippen LogP contribution in [0.5, 0.6) is 0 Å². The molecule has 1 amide bonds. The standard InChI is InChI=1S/C28H26N4O3/c1-3-15-35-28(34)22-12-8-14-24(17-22)32-27(33)21-11-7-13-23(16-21)31-26-18-25(29-19(2)30-26)20-9-5-4-6-10-20/h4-14,16-18H,3,15H2,1-2H3,(H,32,33)(H,29,30,31). The Labute approximate surface area is 204 Å². The quantitative estimate of drug-likeness (QED) is 0.309. The van der Waals surface area contributed by atoms with E-state index >= 15 is 0 Å². The van der Waals surface area contributed by atoms with Gasteiger partial charge >= 0.3 is 5.97 Å². The van der Waals surface area contributed by atoms with Crippen LogP contribution in [0.4, 0.5) is 17.2 Å². The molecule has 0 spiro atoms. The molecule has 0 aliphatic carbocycles. The van der Waals surface area contributed by atoms with Gasteiger partial charge in [-0.1, -0.05) is 49.4 Å². The summed E-state index contributed by atoms with van der Waals surface area (Å²) >= 11 is 0. The summed E-state index contributed by atoms with van der Waals surface area (Å²) in [6.07, 6.45) is 0.745. The highest BCUT2D eigenvalue weighted by Gasteiger charge is 2.11. The van der Waals surface area contributed by atoms with Crippen molar-refractivity contribution >= 4 is 29.1 Å². The minimum absolute atomic E-state index is 0.295. The molecule has 0 radical (unpaired) electrons. The van der Waals surface area contributed by atoms with Crippen molar-refractivity contribution in [1.82, 2.24) is 9.97 Å². The van der Waals surface area contributed by atoms with Crippen LogP contribution in [0.3, 0.4) is 0 Å². The van der Waals surface area contributed by atoms with Gasteiger partial charge < -0.3 is 15.4 Å². The van der Waals surface area contributed by atoms with Gasteiger partial charge in [0.05, 0.1) is 17.9 Å². The van der Waals surface area contributed by atoms with Crippen LogP contribution in [0.15, 0.2) is 84.9 Å². The molecule has 4 rings (SSSR count). The molecule has 4 aromatic rings. The van der Waals surface area contributed by atoms with E-state index in [1.165, 1.54) is 0 Å². The van der Waals surface area contributed by atoms with E-state index in [4.69, 9.17) is 4.74 Å². The SMILES string of the molecule is CCCOC(=O)c1cccc(NC(=O)c2cccc(Nc3cc(-c4ccccc4)nc(C)n3)c2)c1. The number of aromatic nitrogens is 2. The number of esters is 1. The summed E-state index contributed by atoms with van der Waals surface area (Å²) in [5, 5.41) is 6.11. The van der Waals surface area contributed by atoms with Gasteiger partial charge in [-0.25, -0.2) is 14.8 Å². The van der Waals surface area contributed by atoms with Gasteiger partial charge in [-0.3, -0.25) is 4.79 Å². The van der Waals surface area contributed by atoms with Gasteiger partial charge in [0, 0.05) is 28.6 Å². The lowest BCUT2D eigenvalue weighted by Crippen LogP contribution is -2.13. The molecule has 2 N–H and O–H groups in total. The van der Waals surface area contributed by atoms with Crippen LogP contribution in [0.1, 0.15) is 39.9 Å². The highest BCUT2D eigenvalue weighted by Crippen LogP contribution is 2.23. The van der Waals surface area contributed by atoms with Crippen molar-refractivity contribution < 1.29 is 14.3 Å². The summed E-state index contributed by atoms with van der Waals surface area (Å²) in [6, 6.07) is 25.6. The second-order valence-electron chi connectivity index (χ2n) is 7.93. The number of nitrogens with zero attached hydrogens (tertiary/aromatic N) is 2. The van der Waals surface area contributed by atoms with Crippen molar-refractivity contribution in [2.24, 2.45) is 0 Å². The van der Waals surface area contributed by atoms with Crippen molar-refractivity contribution in [3.8, 4) is 11.3 Å². The smallest absolute Gasteiger partial charge is 0.338 e. The Morgan fingerprint density at radius 3 is 2.31 bits per heavy atom. The number of hydrogen-bond donors (Lipinski definition) is 2. The predicted molar refractivity (Wildman–Crippen MR) is 137 cm³/mol. The van der Waals surface area contributed by atoms with E-state index in [1.54, 1.807) is 42.5 Å². The minimum Gasteiger partial charge on any atom is -0.462 e. The van der Waals surface area contributed by atoms with Gasteiger partial charge in [-0.15, -0.1) is 0 Å². The molecule has 1 heterocycles. The molecule has 0 bridgehead atoms. The van der Waals surface area contributed by atoms with E-state index in [0.717, 1.165) is 17.7 Å². The lowest BCUT2D eigenvalue weighted by atomic mass is 10.1. The highest BCUT2D eigenvalue weighted by molar-refractivity contribution is 6.05. The fourth-order valence-corrected chi connectivity index (χ4v) is 3.48. The molecule has 7 nitrogen and oxygen atoms in total. The first kappa shape index (κ1) is 23.6. The zero-order valence-electron chi connectivity index (χ0n) is 19.6. The van der Waals surface area contributed by atoms with Gasteiger partial charge in [0.15, 0.2) is 0 Å². The molecule has 0 fully saturated rings. The van der Waals surface area contributed by atoms with Crippen LogP contribution in [0.25, 0.3) is 11.3 Å². The maximum atomic E-state index is 12.9. The molecular formula is C28H26N4O3. The van der Waals surface area contributed by atoms with Crippen LogP contribution in [0, 0.1) is 6.92 Å². The number of ether oxygens (including phenoxy) is 1. The maximum Gasteiger partial charge on any atom is 0.338 e. The molecule has 0 unspecified atom stereocenters. The summed E-state index contributed by atoms with van der Waals surface area (Å²) in [6.45, 7) is 4.13. The first-order valence-corrected chi connectivity index (χ1v) is 11.4. The first-order valence-electron chi connectivity index (χ1n) is 11.4. The zero-order chi connectivity index (χ0) is 24.6. The average Bonchev–Trinajstić information content (AvgIpc) is 2.87. The van der Waals surface area contributed by atoms with E-state index in [-0.39, 0.29) is 5.91 Å². The van der Waals surface area contributed by atoms with Crippen molar-refractivity contribution in [2.75, 3.05) is 17.2 Å². The van der Waals surface area contributed by atoms with Gasteiger partial charge in [0.1, 0.15) is 11.6 Å². The van der Waals surface area contributed by atoms with Crippen LogP contribution >= 0.6 is 0 Å². The topological polar surface area (TPSA) is 93.2 Å². The van der Waals surface area contributed by atoms with Crippen molar-refractivity contribution in [1.29, 1.82) is 0 Å². The Balaban J connectivity index is 1.49. The fraction of sp³-hybridized carbons (Fsp3) is 0.143. The molecule has 3 aromatic carbocycles. The highest BCUT2D eigenvalue weighted by atomic mass is 16.5. The summed E-state index contributed by atoms with van der Waals surface area (Å²) in [4.78, 5) is 34.0. The zero-order valence-corrected chi connectivity index (χ0v) is 19.6. The summed E-state index contributed by atoms with van der Waals surface area (Å²) in [5.41, 5.74) is 3.88. The second kappa shape index (κ2) is 11.1. The summed E-state index contributed by atoms with van der Waals surface area (Å²) in [5.74, 6) is 0.563. The fourth-order valence-electron chi connectivity index (χ4n) is 3.48. The maximum absolute atomic E-state index is 12.9. The van der Waals surface area contributed by atoms with E-state index in [1.807, 2.05) is 56.3 Å². The monoisotopic (exact) mass is 466 g/mol. The Kier molecular flexibility index (Phi) is 7.47. The third-order valence-corrected chi connectivity index (χ3v) is 5.10. The molecule has 0 aliphatic rings. The third-order valence-electron chi connectivity index (χ3n) is 5.10. The van der Waals surface area contributed by atoms with E-state index in [0.29, 0.717) is 40.8 Å². The van der Waals surface area contributed by atoms with Gasteiger partial charge in [0.2, 0.25) is 0 Å². The molecule has 0 saturated carbocycles. The Morgan fingerprint density at radius 2 is 1.54 bits per heavy atom. The van der Waals surface area contributed by atoms with Crippen LogP contribution in [-0.4, -0.2) is 28.5 Å². The third kappa shape index (κ3) is 6.29. The van der Waals surface area contributed by atoms with Gasteiger partial charge in [-0.2, -0.15) is 0 Å². The molecule has 0 aliphatic heterocycles. The number of carbonyl (C=O) groups is 2. The van der Waals surface area contributed by atoms with E-state index in [2.05, 4.69) is 20.6 Å². The lowest BCUT2D eigenvalue weighted by molar-refractivity contribution is 0.0505. The second-order valence-corrected chi connectivity index (χ2v) is 7.93. The average molecular weight is 467 g/mol. The molecule has 0 saturated heterocycles. The first-order chi connectivity index (χ1) is 17.0. The van der Waals surface area contributed by atoms with Gasteiger partial charge in [-0.05, 0) is 49.7 Å². The number of rotatable bonds is 8. The van der Waals surface area contributed by atoms with Gasteiger partial charge in [0.25, 0.3) is 5.91 Å². The van der Waals surface area contributed by atoms with Crippen LogP contribution in [-0.2, 0) is 4.74 Å². The summed E-state index contributed by atoms with van der Waals surface area (Å²) in [7, 11) is 0. The number of nitrogens with one attached hydrogen (secondary N) is 2. The summed E-state index contributed by atoms with van der Waals surface area (Å²) < 4.78 is 5.17. The number of anilines is 3.